The van der Waals surface area contributed by atoms with E-state index in [1.807, 2.05) is 45.4 Å². The average Bonchev–Trinajstić information content (AvgIpc) is 3.53. The molecule has 0 fully saturated rings. The molecule has 210 valence electrons. The molecule has 0 spiro atoms. The zero-order valence-electron chi connectivity index (χ0n) is 24.0. The third-order valence-corrected chi connectivity index (χ3v) is 8.39. The van der Waals surface area contributed by atoms with Crippen LogP contribution in [0.15, 0.2) is 55.0 Å². The fourth-order valence-electron chi connectivity index (χ4n) is 6.25. The van der Waals surface area contributed by atoms with Gasteiger partial charge in [-0.1, -0.05) is 6.07 Å². The number of aromatic nitrogens is 6. The number of fused-ring (bicyclic) bond motifs is 3. The molecule has 1 aliphatic rings. The number of ether oxygens (including phenoxy) is 1. The van der Waals surface area contributed by atoms with Crippen LogP contribution in [0.1, 0.15) is 28.8 Å². The minimum absolute atomic E-state index is 0.107. The molecule has 0 amide bonds. The first-order valence-corrected chi connectivity index (χ1v) is 14.0. The van der Waals surface area contributed by atoms with Gasteiger partial charge in [0.05, 0.1) is 30.6 Å². The summed E-state index contributed by atoms with van der Waals surface area (Å²) in [4.78, 5) is 26.2. The molecule has 5 aromatic heterocycles. The highest BCUT2D eigenvalue weighted by atomic mass is 16.5. The van der Waals surface area contributed by atoms with Crippen LogP contribution in [0.3, 0.4) is 0 Å². The summed E-state index contributed by atoms with van der Waals surface area (Å²) in [6.45, 7) is 4.73. The van der Waals surface area contributed by atoms with Crippen LogP contribution in [0.4, 0.5) is 0 Å². The molecule has 6 aromatic rings. The summed E-state index contributed by atoms with van der Waals surface area (Å²) in [5, 5.41) is 16.1. The normalized spacial score (nSPS) is 13.0. The molecule has 42 heavy (non-hydrogen) atoms. The molecule has 0 saturated heterocycles. The standard InChI is InChI=1S/C33H30N6O3/c1-18-23-6-5-11-42-29(23)8-7-24(18)31-25(15-30(40)41)19(2)37-33-26(31)14-28(38(33)3)20-9-10-34-27(13-20)21-12-22-17-36-39(4)32(22)35-16-21/h7-10,12-14,16-17H,5-6,11,15H2,1-4H3,(H,40,41). The van der Waals surface area contributed by atoms with Gasteiger partial charge < -0.3 is 14.4 Å². The predicted octanol–water partition coefficient (Wildman–Crippen LogP) is 5.82. The van der Waals surface area contributed by atoms with E-state index in [0.717, 1.165) is 92.0 Å². The van der Waals surface area contributed by atoms with Crippen molar-refractivity contribution in [3.63, 3.8) is 0 Å². The molecule has 0 aliphatic carbocycles. The molecular formula is C33H30N6O3. The minimum atomic E-state index is -0.881. The van der Waals surface area contributed by atoms with Gasteiger partial charge in [0.2, 0.25) is 0 Å². The van der Waals surface area contributed by atoms with Crippen LogP contribution in [0.25, 0.3) is 55.7 Å². The largest absolute Gasteiger partial charge is 0.493 e. The Hall–Kier alpha value is -5.05. The SMILES string of the molecule is Cc1nc2c(cc(-c3ccnc(-c4cnc5c(cnn5C)c4)c3)n2C)c(-c2ccc3c(c2C)CCCO3)c1CC(=O)O. The van der Waals surface area contributed by atoms with E-state index in [-0.39, 0.29) is 6.42 Å². The van der Waals surface area contributed by atoms with Gasteiger partial charge >= 0.3 is 5.97 Å². The highest BCUT2D eigenvalue weighted by Crippen LogP contribution is 2.42. The number of carboxylic acid groups (broad SMARTS) is 1. The number of hydrogen-bond acceptors (Lipinski definition) is 6. The number of carboxylic acids is 1. The van der Waals surface area contributed by atoms with Crippen molar-refractivity contribution in [2.45, 2.75) is 33.1 Å². The van der Waals surface area contributed by atoms with Crippen LogP contribution in [0.2, 0.25) is 0 Å². The lowest BCUT2D eigenvalue weighted by Gasteiger charge is -2.23. The summed E-state index contributed by atoms with van der Waals surface area (Å²) < 4.78 is 9.76. The lowest BCUT2D eigenvalue weighted by Crippen LogP contribution is -2.11. The van der Waals surface area contributed by atoms with E-state index in [9.17, 15) is 9.90 Å². The fourth-order valence-corrected chi connectivity index (χ4v) is 6.25. The lowest BCUT2D eigenvalue weighted by atomic mass is 9.88. The quantitative estimate of drug-likeness (QED) is 0.284. The Morgan fingerprint density at radius 2 is 1.88 bits per heavy atom. The van der Waals surface area contributed by atoms with Crippen LogP contribution in [-0.2, 0) is 31.7 Å². The molecule has 1 N–H and O–H groups in total. The van der Waals surface area contributed by atoms with Crippen molar-refractivity contribution in [2.75, 3.05) is 6.61 Å². The van der Waals surface area contributed by atoms with Crippen molar-refractivity contribution in [2.24, 2.45) is 14.1 Å². The molecule has 7 rings (SSSR count). The van der Waals surface area contributed by atoms with Crippen LogP contribution in [0, 0.1) is 13.8 Å². The van der Waals surface area contributed by atoms with E-state index in [2.05, 4.69) is 44.8 Å². The molecule has 6 heterocycles. The zero-order valence-corrected chi connectivity index (χ0v) is 24.0. The predicted molar refractivity (Wildman–Crippen MR) is 162 cm³/mol. The van der Waals surface area contributed by atoms with Gasteiger partial charge in [-0.05, 0) is 84.8 Å². The smallest absolute Gasteiger partial charge is 0.307 e. The maximum absolute atomic E-state index is 12.0. The molecule has 0 radical (unpaired) electrons. The van der Waals surface area contributed by atoms with Gasteiger partial charge in [-0.3, -0.25) is 14.5 Å². The number of aliphatic carboxylic acids is 1. The van der Waals surface area contributed by atoms with Gasteiger partial charge in [-0.2, -0.15) is 5.10 Å². The highest BCUT2D eigenvalue weighted by molar-refractivity contribution is 6.01. The lowest BCUT2D eigenvalue weighted by molar-refractivity contribution is -0.136. The summed E-state index contributed by atoms with van der Waals surface area (Å²) >= 11 is 0. The number of benzene rings is 1. The summed E-state index contributed by atoms with van der Waals surface area (Å²) in [7, 11) is 3.88. The maximum atomic E-state index is 12.0. The maximum Gasteiger partial charge on any atom is 0.307 e. The van der Waals surface area contributed by atoms with Gasteiger partial charge in [0.15, 0.2) is 5.65 Å². The Balaban J connectivity index is 1.43. The van der Waals surface area contributed by atoms with Crippen LogP contribution < -0.4 is 4.74 Å². The molecule has 0 saturated carbocycles. The second-order valence-electron chi connectivity index (χ2n) is 10.9. The topological polar surface area (TPSA) is 108 Å². The molecular weight excluding hydrogens is 528 g/mol. The average molecular weight is 559 g/mol. The van der Waals surface area contributed by atoms with Gasteiger partial charge in [0, 0.05) is 54.1 Å². The second-order valence-corrected chi connectivity index (χ2v) is 10.9. The summed E-state index contributed by atoms with van der Waals surface area (Å²) in [6, 6.07) is 12.3. The molecule has 9 heteroatoms. The van der Waals surface area contributed by atoms with E-state index in [1.165, 1.54) is 5.56 Å². The molecule has 1 aliphatic heterocycles. The number of aryl methyl sites for hydroxylation is 3. The highest BCUT2D eigenvalue weighted by Gasteiger charge is 2.24. The molecule has 9 nitrogen and oxygen atoms in total. The van der Waals surface area contributed by atoms with Crippen molar-refractivity contribution < 1.29 is 14.6 Å². The number of pyridine rings is 3. The Morgan fingerprint density at radius 3 is 2.71 bits per heavy atom. The third kappa shape index (κ3) is 4.11. The van der Waals surface area contributed by atoms with Crippen molar-refractivity contribution in [3.05, 3.63) is 77.4 Å². The minimum Gasteiger partial charge on any atom is -0.493 e. The van der Waals surface area contributed by atoms with Crippen LogP contribution in [-0.4, -0.2) is 47.0 Å². The van der Waals surface area contributed by atoms with E-state index in [1.54, 1.807) is 17.1 Å². The van der Waals surface area contributed by atoms with Crippen LogP contribution >= 0.6 is 0 Å². The Bertz CT molecular complexity index is 2060. The monoisotopic (exact) mass is 558 g/mol. The van der Waals surface area contributed by atoms with E-state index in [4.69, 9.17) is 9.72 Å². The van der Waals surface area contributed by atoms with Gasteiger partial charge in [-0.25, -0.2) is 9.97 Å². The third-order valence-electron chi connectivity index (χ3n) is 8.39. The van der Waals surface area contributed by atoms with Gasteiger partial charge in [0.25, 0.3) is 0 Å². The molecule has 0 bridgehead atoms. The first kappa shape index (κ1) is 25.9. The zero-order chi connectivity index (χ0) is 29.1. The first-order valence-electron chi connectivity index (χ1n) is 14.0. The van der Waals surface area contributed by atoms with E-state index in [0.29, 0.717) is 5.69 Å². The Morgan fingerprint density at radius 1 is 1.02 bits per heavy atom. The fraction of sp³-hybridized carbons (Fsp3) is 0.242. The van der Waals surface area contributed by atoms with Gasteiger partial charge in [0.1, 0.15) is 11.4 Å². The van der Waals surface area contributed by atoms with Crippen molar-refractivity contribution in [1.29, 1.82) is 0 Å². The van der Waals surface area contributed by atoms with E-state index >= 15 is 0 Å². The Kier molecular flexibility index (Phi) is 6.04. The molecule has 1 aromatic carbocycles. The first-order chi connectivity index (χ1) is 20.3. The summed E-state index contributed by atoms with van der Waals surface area (Å²) in [5.74, 6) is 0.0369. The number of carbonyl (C=O) groups is 1. The summed E-state index contributed by atoms with van der Waals surface area (Å²) in [5.41, 5.74) is 11.0. The van der Waals surface area contributed by atoms with Crippen molar-refractivity contribution >= 4 is 28.0 Å². The number of rotatable bonds is 5. The van der Waals surface area contributed by atoms with Crippen molar-refractivity contribution in [3.8, 4) is 39.4 Å². The van der Waals surface area contributed by atoms with E-state index < -0.39 is 5.97 Å². The molecule has 0 unspecified atom stereocenters. The van der Waals surface area contributed by atoms with Crippen LogP contribution in [0.5, 0.6) is 5.75 Å². The summed E-state index contributed by atoms with van der Waals surface area (Å²) in [6.07, 6.45) is 7.23. The number of nitrogens with zero attached hydrogens (tertiary/aromatic N) is 6. The van der Waals surface area contributed by atoms with Crippen molar-refractivity contribution in [1.82, 2.24) is 29.3 Å². The Labute approximate surface area is 242 Å². The number of hydrogen-bond donors (Lipinski definition) is 1. The van der Waals surface area contributed by atoms with Gasteiger partial charge in [-0.15, -0.1) is 0 Å². The molecule has 0 atom stereocenters. The second kappa shape index (κ2) is 9.80.